The van der Waals surface area contributed by atoms with E-state index in [1.165, 1.54) is 36.6 Å². The van der Waals surface area contributed by atoms with Crippen molar-refractivity contribution >= 4 is 45.5 Å². The lowest BCUT2D eigenvalue weighted by atomic mass is 10.2. The molecule has 7 nitrogen and oxygen atoms in total. The summed E-state index contributed by atoms with van der Waals surface area (Å²) in [6.07, 6.45) is 2.83. The van der Waals surface area contributed by atoms with E-state index in [0.717, 1.165) is 0 Å². The van der Waals surface area contributed by atoms with Gasteiger partial charge in [0.2, 0.25) is 0 Å². The summed E-state index contributed by atoms with van der Waals surface area (Å²) in [5.41, 5.74) is 0.630. The van der Waals surface area contributed by atoms with Crippen molar-refractivity contribution in [3.63, 3.8) is 0 Å². The number of halogens is 1. The SMILES string of the molecule is O=C(Nc1ccc(C(=O)[O-])cc1)/C(=C\c1ccco1)NC(=O)c1ccccc1Br. The molecule has 3 aromatic rings. The van der Waals surface area contributed by atoms with Crippen molar-refractivity contribution in [3.05, 3.63) is 94.0 Å². The maximum Gasteiger partial charge on any atom is 0.272 e. The van der Waals surface area contributed by atoms with E-state index < -0.39 is 17.8 Å². The lowest BCUT2D eigenvalue weighted by Crippen LogP contribution is -2.31. The van der Waals surface area contributed by atoms with Crippen molar-refractivity contribution in [2.24, 2.45) is 0 Å². The molecular weight excluding hydrogens is 440 g/mol. The van der Waals surface area contributed by atoms with E-state index in [1.54, 1.807) is 36.4 Å². The van der Waals surface area contributed by atoms with Gasteiger partial charge in [-0.15, -0.1) is 0 Å². The topological polar surface area (TPSA) is 111 Å². The first-order chi connectivity index (χ1) is 13.9. The van der Waals surface area contributed by atoms with E-state index in [-0.39, 0.29) is 11.3 Å². The quantitative estimate of drug-likeness (QED) is 0.557. The molecule has 0 spiro atoms. The number of amides is 2. The van der Waals surface area contributed by atoms with Crippen LogP contribution in [0.4, 0.5) is 5.69 Å². The zero-order valence-electron chi connectivity index (χ0n) is 14.8. The third-order valence-electron chi connectivity index (χ3n) is 3.82. The van der Waals surface area contributed by atoms with E-state index in [9.17, 15) is 19.5 Å². The summed E-state index contributed by atoms with van der Waals surface area (Å²) in [5.74, 6) is -2.04. The fourth-order valence-corrected chi connectivity index (χ4v) is 2.86. The van der Waals surface area contributed by atoms with Crippen LogP contribution in [0.1, 0.15) is 26.5 Å². The maximum absolute atomic E-state index is 12.7. The molecule has 2 amide bonds. The van der Waals surface area contributed by atoms with Crippen LogP contribution in [0.25, 0.3) is 6.08 Å². The molecule has 0 atom stereocenters. The van der Waals surface area contributed by atoms with E-state index in [1.807, 2.05) is 0 Å². The number of carbonyl (C=O) groups is 3. The minimum atomic E-state index is -1.32. The predicted molar refractivity (Wildman–Crippen MR) is 108 cm³/mol. The molecule has 0 aliphatic carbocycles. The summed E-state index contributed by atoms with van der Waals surface area (Å²) < 4.78 is 5.81. The highest BCUT2D eigenvalue weighted by molar-refractivity contribution is 9.10. The minimum Gasteiger partial charge on any atom is -0.545 e. The maximum atomic E-state index is 12.7. The van der Waals surface area contributed by atoms with Crippen LogP contribution in [-0.4, -0.2) is 17.8 Å². The summed E-state index contributed by atoms with van der Waals surface area (Å²) in [6.45, 7) is 0. The molecule has 0 aliphatic heterocycles. The molecule has 0 fully saturated rings. The number of hydrogen-bond acceptors (Lipinski definition) is 5. The Kier molecular flexibility index (Phi) is 6.25. The van der Waals surface area contributed by atoms with Crippen LogP contribution in [0, 0.1) is 0 Å². The lowest BCUT2D eigenvalue weighted by Gasteiger charge is -2.12. The van der Waals surface area contributed by atoms with Gasteiger partial charge in [0, 0.05) is 16.2 Å². The molecule has 0 saturated heterocycles. The highest BCUT2D eigenvalue weighted by Gasteiger charge is 2.17. The molecule has 8 heteroatoms. The van der Waals surface area contributed by atoms with Crippen LogP contribution < -0.4 is 15.7 Å². The van der Waals surface area contributed by atoms with Gasteiger partial charge in [0.15, 0.2) is 0 Å². The Labute approximate surface area is 174 Å². The van der Waals surface area contributed by atoms with Crippen molar-refractivity contribution < 1.29 is 23.9 Å². The van der Waals surface area contributed by atoms with Crippen molar-refractivity contribution in [2.45, 2.75) is 0 Å². The van der Waals surface area contributed by atoms with E-state index in [0.29, 0.717) is 21.5 Å². The number of benzene rings is 2. The molecule has 29 heavy (non-hydrogen) atoms. The molecule has 1 aromatic heterocycles. The molecule has 0 unspecified atom stereocenters. The van der Waals surface area contributed by atoms with Crippen LogP contribution >= 0.6 is 15.9 Å². The van der Waals surface area contributed by atoms with E-state index in [4.69, 9.17) is 4.42 Å². The first-order valence-corrected chi connectivity index (χ1v) is 9.17. The van der Waals surface area contributed by atoms with Crippen molar-refractivity contribution in [3.8, 4) is 0 Å². The van der Waals surface area contributed by atoms with Crippen molar-refractivity contribution in [1.29, 1.82) is 0 Å². The number of hydrogen-bond donors (Lipinski definition) is 2. The fourth-order valence-electron chi connectivity index (χ4n) is 2.40. The second-order valence-corrected chi connectivity index (χ2v) is 6.68. The van der Waals surface area contributed by atoms with E-state index in [2.05, 4.69) is 26.6 Å². The van der Waals surface area contributed by atoms with Gasteiger partial charge >= 0.3 is 0 Å². The third-order valence-corrected chi connectivity index (χ3v) is 4.51. The van der Waals surface area contributed by atoms with Crippen molar-refractivity contribution in [2.75, 3.05) is 5.32 Å². The van der Waals surface area contributed by atoms with Crippen LogP contribution in [0.3, 0.4) is 0 Å². The summed E-state index contributed by atoms with van der Waals surface area (Å²) in [4.78, 5) is 36.2. The normalized spacial score (nSPS) is 11.0. The number of rotatable bonds is 6. The van der Waals surface area contributed by atoms with Gasteiger partial charge in [-0.25, -0.2) is 0 Å². The van der Waals surface area contributed by atoms with Gasteiger partial charge < -0.3 is 25.0 Å². The largest absolute Gasteiger partial charge is 0.545 e. The number of nitrogens with one attached hydrogen (secondary N) is 2. The standard InChI is InChI=1S/C21H15BrN2O5/c22-17-6-2-1-5-16(17)19(25)24-18(12-15-4-3-11-29-15)20(26)23-14-9-7-13(8-10-14)21(27)28/h1-12H,(H,23,26)(H,24,25)(H,27,28)/p-1/b18-12+. The Hall–Kier alpha value is -3.65. The third kappa shape index (κ3) is 5.20. The zero-order valence-corrected chi connectivity index (χ0v) is 16.4. The van der Waals surface area contributed by atoms with E-state index >= 15 is 0 Å². The fraction of sp³-hybridized carbons (Fsp3) is 0. The number of carboxylic acids is 1. The Morgan fingerprint density at radius 2 is 1.69 bits per heavy atom. The Balaban J connectivity index is 1.83. The number of carbonyl (C=O) groups excluding carboxylic acids is 3. The average Bonchev–Trinajstić information content (AvgIpc) is 3.21. The summed E-state index contributed by atoms with van der Waals surface area (Å²) in [6, 6.07) is 15.5. The highest BCUT2D eigenvalue weighted by Crippen LogP contribution is 2.17. The zero-order chi connectivity index (χ0) is 20.8. The molecule has 146 valence electrons. The second-order valence-electron chi connectivity index (χ2n) is 5.83. The number of anilines is 1. The summed E-state index contributed by atoms with van der Waals surface area (Å²) in [7, 11) is 0. The molecule has 0 radical (unpaired) electrons. The van der Waals surface area contributed by atoms with Gasteiger partial charge in [-0.05, 0) is 57.9 Å². The van der Waals surface area contributed by atoms with Crippen LogP contribution in [-0.2, 0) is 4.79 Å². The van der Waals surface area contributed by atoms with Crippen LogP contribution in [0.2, 0.25) is 0 Å². The van der Waals surface area contributed by atoms with Crippen molar-refractivity contribution in [1.82, 2.24) is 5.32 Å². The van der Waals surface area contributed by atoms with Gasteiger partial charge in [-0.2, -0.15) is 0 Å². The van der Waals surface area contributed by atoms with Gasteiger partial charge in [0.25, 0.3) is 11.8 Å². The Bertz CT molecular complexity index is 1070. The lowest BCUT2D eigenvalue weighted by molar-refractivity contribution is -0.255. The number of aromatic carboxylic acids is 1. The smallest absolute Gasteiger partial charge is 0.272 e. The predicted octanol–water partition coefficient (Wildman–Crippen LogP) is 2.82. The van der Waals surface area contributed by atoms with Crippen LogP contribution in [0.5, 0.6) is 0 Å². The minimum absolute atomic E-state index is 0.0171. The first-order valence-electron chi connectivity index (χ1n) is 8.38. The van der Waals surface area contributed by atoms with Gasteiger partial charge in [0.05, 0.1) is 17.8 Å². The first kappa shape index (κ1) is 20.1. The van der Waals surface area contributed by atoms with Gasteiger partial charge in [-0.3, -0.25) is 9.59 Å². The highest BCUT2D eigenvalue weighted by atomic mass is 79.9. The van der Waals surface area contributed by atoms with Gasteiger partial charge in [0.1, 0.15) is 11.5 Å². The molecule has 3 rings (SSSR count). The number of furan rings is 1. The molecule has 0 saturated carbocycles. The summed E-state index contributed by atoms with van der Waals surface area (Å²) in [5, 5.41) is 16.0. The molecule has 1 heterocycles. The average molecular weight is 454 g/mol. The molecule has 2 aromatic carbocycles. The monoisotopic (exact) mass is 453 g/mol. The molecule has 0 aliphatic rings. The Morgan fingerprint density at radius 1 is 0.966 bits per heavy atom. The summed E-state index contributed by atoms with van der Waals surface area (Å²) >= 11 is 3.30. The Morgan fingerprint density at radius 3 is 2.31 bits per heavy atom. The molecule has 2 N–H and O–H groups in total. The van der Waals surface area contributed by atoms with Crippen LogP contribution in [0.15, 0.2) is 81.5 Å². The van der Waals surface area contributed by atoms with Gasteiger partial charge in [-0.1, -0.05) is 24.3 Å². The molecular formula is C21H14BrN2O5-. The number of carboxylic acid groups (broad SMARTS) is 1. The second kappa shape index (κ2) is 9.03. The molecule has 0 bridgehead atoms.